The molecule has 0 aromatic heterocycles. The number of benzene rings is 2. The van der Waals surface area contributed by atoms with Crippen LogP contribution < -0.4 is 5.73 Å². The average Bonchev–Trinajstić information content (AvgIpc) is 2.72. The lowest BCUT2D eigenvalue weighted by atomic mass is 10.0. The first-order chi connectivity index (χ1) is 8.72. The molecule has 90 valence electrons. The van der Waals surface area contributed by atoms with Gasteiger partial charge in [0.1, 0.15) is 0 Å². The van der Waals surface area contributed by atoms with E-state index < -0.39 is 0 Å². The fourth-order valence-electron chi connectivity index (χ4n) is 2.49. The average molecular weight is 239 g/mol. The zero-order valence-electron chi connectivity index (χ0n) is 10.0. The second kappa shape index (κ2) is 3.96. The highest BCUT2D eigenvalue weighted by molar-refractivity contribution is 5.91. The normalized spacial score (nSPS) is 16.0. The lowest BCUT2D eigenvalue weighted by molar-refractivity contribution is 0.0600. The van der Waals surface area contributed by atoms with Crippen LogP contribution in [0.4, 0.5) is 0 Å². The van der Waals surface area contributed by atoms with Crippen molar-refractivity contribution in [3.8, 4) is 11.1 Å². The van der Waals surface area contributed by atoms with Gasteiger partial charge in [0.05, 0.1) is 18.7 Å². The van der Waals surface area contributed by atoms with Crippen LogP contribution in [0, 0.1) is 0 Å². The Kier molecular flexibility index (Phi) is 2.42. The van der Waals surface area contributed by atoms with Crippen molar-refractivity contribution in [1.29, 1.82) is 0 Å². The van der Waals surface area contributed by atoms with E-state index in [9.17, 15) is 4.79 Å². The van der Waals surface area contributed by atoms with Crippen molar-refractivity contribution >= 4 is 5.97 Å². The summed E-state index contributed by atoms with van der Waals surface area (Å²) in [5, 5.41) is 0. The van der Waals surface area contributed by atoms with Crippen molar-refractivity contribution in [3.05, 3.63) is 59.2 Å². The van der Waals surface area contributed by atoms with Crippen LogP contribution in [0.25, 0.3) is 11.1 Å². The van der Waals surface area contributed by atoms with Crippen molar-refractivity contribution in [3.63, 3.8) is 0 Å². The molecular formula is C15H13NO2. The molecule has 0 radical (unpaired) electrons. The van der Waals surface area contributed by atoms with Crippen LogP contribution in [0.1, 0.15) is 27.5 Å². The topological polar surface area (TPSA) is 52.3 Å². The molecule has 2 N–H and O–H groups in total. The first-order valence-electron chi connectivity index (χ1n) is 5.79. The van der Waals surface area contributed by atoms with Crippen LogP contribution >= 0.6 is 0 Å². The molecule has 1 aliphatic carbocycles. The minimum atomic E-state index is -0.332. The molecule has 1 atom stereocenters. The summed E-state index contributed by atoms with van der Waals surface area (Å²) in [4.78, 5) is 11.5. The van der Waals surface area contributed by atoms with Crippen LogP contribution in [-0.4, -0.2) is 13.1 Å². The van der Waals surface area contributed by atoms with E-state index in [0.717, 1.165) is 22.3 Å². The molecule has 1 aliphatic rings. The van der Waals surface area contributed by atoms with Crippen LogP contribution in [0.3, 0.4) is 0 Å². The minimum Gasteiger partial charge on any atom is -0.465 e. The predicted octanol–water partition coefficient (Wildman–Crippen LogP) is 2.50. The second-order valence-corrected chi connectivity index (χ2v) is 4.36. The SMILES string of the molecule is COC(=O)c1ccc2c(c1)C(N)c1ccccc1-2. The van der Waals surface area contributed by atoms with Gasteiger partial charge in [0.15, 0.2) is 0 Å². The molecular weight excluding hydrogens is 226 g/mol. The van der Waals surface area contributed by atoms with E-state index in [1.54, 1.807) is 6.07 Å². The van der Waals surface area contributed by atoms with Gasteiger partial charge in [-0.2, -0.15) is 0 Å². The Hall–Kier alpha value is -2.13. The molecule has 3 nitrogen and oxygen atoms in total. The molecule has 0 bridgehead atoms. The Morgan fingerprint density at radius 2 is 1.83 bits per heavy atom. The molecule has 0 heterocycles. The van der Waals surface area contributed by atoms with E-state index in [4.69, 9.17) is 10.5 Å². The highest BCUT2D eigenvalue weighted by Gasteiger charge is 2.26. The van der Waals surface area contributed by atoms with Crippen molar-refractivity contribution in [2.75, 3.05) is 7.11 Å². The molecule has 3 rings (SSSR count). The van der Waals surface area contributed by atoms with Gasteiger partial charge >= 0.3 is 5.97 Å². The number of fused-ring (bicyclic) bond motifs is 3. The molecule has 2 aromatic rings. The summed E-state index contributed by atoms with van der Waals surface area (Å²) < 4.78 is 4.73. The van der Waals surface area contributed by atoms with Crippen molar-refractivity contribution < 1.29 is 9.53 Å². The highest BCUT2D eigenvalue weighted by atomic mass is 16.5. The first kappa shape index (κ1) is 11.0. The van der Waals surface area contributed by atoms with Gasteiger partial charge in [-0.05, 0) is 34.4 Å². The molecule has 18 heavy (non-hydrogen) atoms. The maximum atomic E-state index is 11.5. The summed E-state index contributed by atoms with van der Waals surface area (Å²) in [5.74, 6) is -0.332. The van der Waals surface area contributed by atoms with E-state index in [1.807, 2.05) is 30.3 Å². The van der Waals surface area contributed by atoms with E-state index in [1.165, 1.54) is 7.11 Å². The molecule has 0 saturated carbocycles. The van der Waals surface area contributed by atoms with Crippen LogP contribution in [0.15, 0.2) is 42.5 Å². The number of carbonyl (C=O) groups excluding carboxylic acids is 1. The van der Waals surface area contributed by atoms with E-state index >= 15 is 0 Å². The number of ether oxygens (including phenoxy) is 1. The van der Waals surface area contributed by atoms with Gasteiger partial charge in [-0.1, -0.05) is 30.3 Å². The van der Waals surface area contributed by atoms with Crippen molar-refractivity contribution in [1.82, 2.24) is 0 Å². The zero-order chi connectivity index (χ0) is 12.7. The fourth-order valence-corrected chi connectivity index (χ4v) is 2.49. The lowest BCUT2D eigenvalue weighted by Crippen LogP contribution is -2.09. The largest absolute Gasteiger partial charge is 0.465 e. The van der Waals surface area contributed by atoms with Gasteiger partial charge < -0.3 is 10.5 Å². The van der Waals surface area contributed by atoms with Gasteiger partial charge in [0.25, 0.3) is 0 Å². The van der Waals surface area contributed by atoms with Gasteiger partial charge in [-0.25, -0.2) is 4.79 Å². The molecule has 0 amide bonds. The molecule has 3 heteroatoms. The quantitative estimate of drug-likeness (QED) is 0.778. The number of hydrogen-bond acceptors (Lipinski definition) is 3. The maximum absolute atomic E-state index is 11.5. The summed E-state index contributed by atoms with van der Waals surface area (Å²) in [6, 6.07) is 13.4. The smallest absolute Gasteiger partial charge is 0.337 e. The van der Waals surface area contributed by atoms with Gasteiger partial charge in [-0.3, -0.25) is 0 Å². The Morgan fingerprint density at radius 3 is 2.61 bits per heavy atom. The van der Waals surface area contributed by atoms with Crippen LogP contribution in [0.2, 0.25) is 0 Å². The van der Waals surface area contributed by atoms with Crippen LogP contribution in [0.5, 0.6) is 0 Å². The summed E-state index contributed by atoms with van der Waals surface area (Å²) in [7, 11) is 1.38. The summed E-state index contributed by atoms with van der Waals surface area (Å²) in [6.45, 7) is 0. The number of hydrogen-bond donors (Lipinski definition) is 1. The lowest BCUT2D eigenvalue weighted by Gasteiger charge is -2.07. The molecule has 1 unspecified atom stereocenters. The Morgan fingerprint density at radius 1 is 1.11 bits per heavy atom. The third kappa shape index (κ3) is 1.45. The van der Waals surface area contributed by atoms with Crippen LogP contribution in [-0.2, 0) is 4.74 Å². The number of rotatable bonds is 1. The minimum absolute atomic E-state index is 0.166. The predicted molar refractivity (Wildman–Crippen MR) is 69.2 cm³/mol. The standard InChI is InChI=1S/C15H13NO2/c1-18-15(17)9-6-7-11-10-4-2-3-5-12(10)14(16)13(11)8-9/h2-8,14H,16H2,1H3. The highest BCUT2D eigenvalue weighted by Crippen LogP contribution is 2.42. The number of carbonyl (C=O) groups is 1. The molecule has 2 aromatic carbocycles. The van der Waals surface area contributed by atoms with E-state index in [2.05, 4.69) is 6.07 Å². The Labute approximate surface area is 105 Å². The second-order valence-electron chi connectivity index (χ2n) is 4.36. The molecule has 0 fully saturated rings. The number of methoxy groups -OCH3 is 1. The molecule has 0 saturated heterocycles. The third-order valence-electron chi connectivity index (χ3n) is 3.39. The number of nitrogens with two attached hydrogens (primary N) is 1. The summed E-state index contributed by atoms with van der Waals surface area (Å²) >= 11 is 0. The zero-order valence-corrected chi connectivity index (χ0v) is 10.0. The van der Waals surface area contributed by atoms with Crippen molar-refractivity contribution in [2.45, 2.75) is 6.04 Å². The fraction of sp³-hybridized carbons (Fsp3) is 0.133. The Balaban J connectivity index is 2.16. The number of esters is 1. The summed E-state index contributed by atoms with van der Waals surface area (Å²) in [6.07, 6.45) is 0. The molecule has 0 spiro atoms. The Bertz CT molecular complexity index is 634. The monoisotopic (exact) mass is 239 g/mol. The van der Waals surface area contributed by atoms with Gasteiger partial charge in [0, 0.05) is 0 Å². The molecule has 0 aliphatic heterocycles. The van der Waals surface area contributed by atoms with E-state index in [0.29, 0.717) is 5.56 Å². The maximum Gasteiger partial charge on any atom is 0.337 e. The van der Waals surface area contributed by atoms with Crippen molar-refractivity contribution in [2.24, 2.45) is 5.73 Å². The van der Waals surface area contributed by atoms with Gasteiger partial charge in [-0.15, -0.1) is 0 Å². The summed E-state index contributed by atoms with van der Waals surface area (Å²) in [5.41, 5.74) is 11.1. The van der Waals surface area contributed by atoms with Gasteiger partial charge in [0.2, 0.25) is 0 Å². The van der Waals surface area contributed by atoms with E-state index in [-0.39, 0.29) is 12.0 Å². The third-order valence-corrected chi connectivity index (χ3v) is 3.39. The first-order valence-corrected chi connectivity index (χ1v) is 5.79.